The Morgan fingerprint density at radius 1 is 0.912 bits per heavy atom. The van der Waals surface area contributed by atoms with E-state index < -0.39 is 23.9 Å². The van der Waals surface area contributed by atoms with Gasteiger partial charge >= 0.3 is 0 Å². The molecule has 8 heteroatoms. The van der Waals surface area contributed by atoms with Crippen molar-refractivity contribution in [2.45, 2.75) is 138 Å². The number of aliphatic hydroxyl groups is 4. The lowest BCUT2D eigenvalue weighted by atomic mass is 9.82. The minimum absolute atomic E-state index is 0.0459. The van der Waals surface area contributed by atoms with E-state index in [-0.39, 0.29) is 43.2 Å². The lowest BCUT2D eigenvalue weighted by Crippen LogP contribution is -2.51. The third-order valence-corrected chi connectivity index (χ3v) is 8.23. The molecule has 2 bridgehead atoms. The first kappa shape index (κ1) is 26.5. The molecule has 196 valence electrons. The first-order valence-corrected chi connectivity index (χ1v) is 13.3. The van der Waals surface area contributed by atoms with Crippen LogP contribution in [0.3, 0.4) is 0 Å². The van der Waals surface area contributed by atoms with Crippen LogP contribution in [-0.4, -0.2) is 93.7 Å². The largest absolute Gasteiger partial charge is 0.394 e. The topological polar surface area (TPSA) is 118 Å². The van der Waals surface area contributed by atoms with Crippen LogP contribution in [0.5, 0.6) is 0 Å². The summed E-state index contributed by atoms with van der Waals surface area (Å²) in [6.45, 7) is 3.90. The molecule has 4 N–H and O–H groups in total. The van der Waals surface area contributed by atoms with Crippen LogP contribution in [0, 0.1) is 0 Å². The van der Waals surface area contributed by atoms with Gasteiger partial charge in [-0.25, -0.2) is 0 Å². The van der Waals surface area contributed by atoms with Crippen LogP contribution >= 0.6 is 0 Å². The van der Waals surface area contributed by atoms with E-state index in [2.05, 4.69) is 13.8 Å². The molecule has 4 saturated heterocycles. The molecular weight excluding hydrogens is 440 g/mol. The molecule has 0 saturated carbocycles. The summed E-state index contributed by atoms with van der Waals surface area (Å²) in [5.74, 6) is 0. The van der Waals surface area contributed by atoms with Crippen molar-refractivity contribution in [3.8, 4) is 0 Å². The molecule has 10 atom stereocenters. The molecule has 5 rings (SSSR count). The summed E-state index contributed by atoms with van der Waals surface area (Å²) in [4.78, 5) is 0. The quantitative estimate of drug-likeness (QED) is 0.406. The van der Waals surface area contributed by atoms with Gasteiger partial charge in [-0.05, 0) is 38.5 Å². The molecule has 0 amide bonds. The van der Waals surface area contributed by atoms with Gasteiger partial charge in [-0.15, -0.1) is 0 Å². The van der Waals surface area contributed by atoms with Gasteiger partial charge in [0, 0.05) is 12.8 Å². The maximum atomic E-state index is 9.74. The fourth-order valence-electron chi connectivity index (χ4n) is 6.40. The SMILES string of the molecule is CCC[C@H]1CC[C@@H]2O[C@@H]([C@H](O)CO)C[C@]2(CO)O1.CCC[C@H]1CC[C@@H]2O[C@@H]3C[C@]2(C=C[C@H]3O)O1. The molecule has 5 aliphatic rings. The summed E-state index contributed by atoms with van der Waals surface area (Å²) < 4.78 is 23.9. The molecule has 4 fully saturated rings. The highest BCUT2D eigenvalue weighted by Crippen LogP contribution is 2.46. The molecule has 0 aromatic rings. The van der Waals surface area contributed by atoms with Crippen LogP contribution in [0.15, 0.2) is 12.2 Å². The molecule has 1 aliphatic carbocycles. The monoisotopic (exact) mass is 484 g/mol. The van der Waals surface area contributed by atoms with Gasteiger partial charge in [0.2, 0.25) is 0 Å². The van der Waals surface area contributed by atoms with Crippen molar-refractivity contribution in [2.24, 2.45) is 0 Å². The van der Waals surface area contributed by atoms with Crippen molar-refractivity contribution in [1.29, 1.82) is 0 Å². The standard InChI is InChI=1S/C13H24O5.C13H20O3/c1-2-3-9-4-5-12-13(8-15,18-9)6-11(17-12)10(16)7-14;1-2-3-9-4-5-12-13(16-9)7-6-10(14)11(8-13)15-12/h9-12,14-16H,2-8H2,1H3;6-7,9-12,14H,2-5,8H2,1H3/t9-,10+,11+,12-,13+;9-,10+,11+,12-,13-/m00/s1. The zero-order valence-electron chi connectivity index (χ0n) is 20.7. The third kappa shape index (κ3) is 5.25. The van der Waals surface area contributed by atoms with Gasteiger partial charge in [-0.1, -0.05) is 38.8 Å². The highest BCUT2D eigenvalue weighted by Gasteiger charge is 2.55. The van der Waals surface area contributed by atoms with E-state index >= 15 is 0 Å². The summed E-state index contributed by atoms with van der Waals surface area (Å²) in [6.07, 6.45) is 12.2. The predicted molar refractivity (Wildman–Crippen MR) is 125 cm³/mol. The molecule has 0 aromatic heterocycles. The molecule has 0 radical (unpaired) electrons. The van der Waals surface area contributed by atoms with Crippen LogP contribution in [0.25, 0.3) is 0 Å². The second-order valence-electron chi connectivity index (χ2n) is 10.7. The van der Waals surface area contributed by atoms with Crippen molar-refractivity contribution < 1.29 is 39.4 Å². The lowest BCUT2D eigenvalue weighted by Gasteiger charge is -2.40. The molecule has 34 heavy (non-hydrogen) atoms. The number of aliphatic hydroxyl groups excluding tert-OH is 4. The average Bonchev–Trinajstić information content (AvgIpc) is 3.38. The average molecular weight is 485 g/mol. The van der Waals surface area contributed by atoms with Crippen LogP contribution in [0.2, 0.25) is 0 Å². The number of rotatable bonds is 7. The third-order valence-electron chi connectivity index (χ3n) is 8.23. The molecule has 0 aromatic carbocycles. The van der Waals surface area contributed by atoms with Crippen LogP contribution in [0.1, 0.15) is 78.1 Å². The molecule has 0 unspecified atom stereocenters. The number of hydrogen-bond acceptors (Lipinski definition) is 8. The van der Waals surface area contributed by atoms with Gasteiger partial charge in [0.05, 0.1) is 55.9 Å². The number of fused-ring (bicyclic) bond motifs is 2. The van der Waals surface area contributed by atoms with Crippen molar-refractivity contribution >= 4 is 0 Å². The van der Waals surface area contributed by atoms with Crippen LogP contribution in [0.4, 0.5) is 0 Å². The Morgan fingerprint density at radius 2 is 1.59 bits per heavy atom. The normalized spacial score (nSPS) is 45.8. The molecule has 8 nitrogen and oxygen atoms in total. The summed E-state index contributed by atoms with van der Waals surface area (Å²) in [6, 6.07) is 0. The van der Waals surface area contributed by atoms with Gasteiger partial charge < -0.3 is 39.4 Å². The van der Waals surface area contributed by atoms with Gasteiger partial charge in [0.15, 0.2) is 0 Å². The van der Waals surface area contributed by atoms with E-state index in [0.717, 1.165) is 51.4 Å². The van der Waals surface area contributed by atoms with E-state index in [1.807, 2.05) is 12.2 Å². The molecule has 4 heterocycles. The van der Waals surface area contributed by atoms with Crippen molar-refractivity contribution in [3.63, 3.8) is 0 Å². The first-order valence-electron chi connectivity index (χ1n) is 13.3. The minimum Gasteiger partial charge on any atom is -0.394 e. The Kier molecular flexibility index (Phi) is 8.74. The van der Waals surface area contributed by atoms with Crippen LogP contribution < -0.4 is 0 Å². The lowest BCUT2D eigenvalue weighted by molar-refractivity contribution is -0.185. The van der Waals surface area contributed by atoms with Gasteiger partial charge in [-0.2, -0.15) is 0 Å². The Hall–Kier alpha value is -0.580. The van der Waals surface area contributed by atoms with Crippen molar-refractivity contribution in [2.75, 3.05) is 13.2 Å². The summed E-state index contributed by atoms with van der Waals surface area (Å²) >= 11 is 0. The second kappa shape index (κ2) is 11.2. The van der Waals surface area contributed by atoms with Crippen molar-refractivity contribution in [3.05, 3.63) is 12.2 Å². The highest BCUT2D eigenvalue weighted by molar-refractivity contribution is 5.21. The maximum absolute atomic E-state index is 9.74. The minimum atomic E-state index is -0.896. The zero-order chi connectivity index (χ0) is 24.3. The second-order valence-corrected chi connectivity index (χ2v) is 10.7. The fourth-order valence-corrected chi connectivity index (χ4v) is 6.40. The van der Waals surface area contributed by atoms with Crippen LogP contribution in [-0.2, 0) is 18.9 Å². The fraction of sp³-hybridized carbons (Fsp3) is 0.923. The Bertz CT molecular complexity index is 688. The van der Waals surface area contributed by atoms with E-state index in [1.54, 1.807) is 0 Å². The highest BCUT2D eigenvalue weighted by atomic mass is 16.6. The van der Waals surface area contributed by atoms with E-state index in [9.17, 15) is 15.3 Å². The first-order chi connectivity index (χ1) is 16.4. The smallest absolute Gasteiger partial charge is 0.120 e. The van der Waals surface area contributed by atoms with Gasteiger partial charge in [-0.3, -0.25) is 0 Å². The summed E-state index contributed by atoms with van der Waals surface area (Å²) in [5, 5.41) is 38.1. The van der Waals surface area contributed by atoms with E-state index in [1.165, 1.54) is 6.42 Å². The summed E-state index contributed by atoms with van der Waals surface area (Å²) in [5.41, 5.74) is -0.902. The van der Waals surface area contributed by atoms with Crippen molar-refractivity contribution in [1.82, 2.24) is 0 Å². The Morgan fingerprint density at radius 3 is 2.24 bits per heavy atom. The molecular formula is C26H44O8. The van der Waals surface area contributed by atoms with Gasteiger partial charge in [0.1, 0.15) is 17.3 Å². The number of hydrogen-bond donors (Lipinski definition) is 4. The Balaban J connectivity index is 0.000000162. The van der Waals surface area contributed by atoms with E-state index in [0.29, 0.717) is 12.5 Å². The van der Waals surface area contributed by atoms with E-state index in [4.69, 9.17) is 24.1 Å². The zero-order valence-corrected chi connectivity index (χ0v) is 20.7. The maximum Gasteiger partial charge on any atom is 0.120 e. The predicted octanol–water partition coefficient (Wildman–Crippen LogP) is 2.00. The summed E-state index contributed by atoms with van der Waals surface area (Å²) in [7, 11) is 0. The Labute approximate surface area is 203 Å². The molecule has 4 aliphatic heterocycles. The molecule has 1 spiro atoms. The number of ether oxygens (including phenoxy) is 4. The van der Waals surface area contributed by atoms with Gasteiger partial charge in [0.25, 0.3) is 0 Å².